The summed E-state index contributed by atoms with van der Waals surface area (Å²) in [7, 11) is 0. The van der Waals surface area contributed by atoms with Crippen LogP contribution in [0.3, 0.4) is 0 Å². The molecule has 1 aliphatic heterocycles. The van der Waals surface area contributed by atoms with Gasteiger partial charge >= 0.3 is 0 Å². The van der Waals surface area contributed by atoms with Crippen LogP contribution in [0.1, 0.15) is 74.5 Å². The van der Waals surface area contributed by atoms with Crippen molar-refractivity contribution in [1.82, 2.24) is 0 Å². The van der Waals surface area contributed by atoms with Crippen LogP contribution in [0, 0.1) is 23.6 Å². The zero-order valence-corrected chi connectivity index (χ0v) is 35.0. The minimum absolute atomic E-state index is 0.0661. The summed E-state index contributed by atoms with van der Waals surface area (Å²) in [5.74, 6) is -0.625. The number of hydrogen-bond donors (Lipinski definition) is 3. The van der Waals surface area contributed by atoms with E-state index in [1.807, 2.05) is 72.8 Å². The Hall–Kier alpha value is -4.94. The average Bonchev–Trinajstić information content (AvgIpc) is 3.25. The normalized spacial score (nSPS) is 23.4. The Bertz CT molecular complexity index is 2130. The van der Waals surface area contributed by atoms with Crippen LogP contribution < -0.4 is 14.8 Å². The molecule has 316 valence electrons. The van der Waals surface area contributed by atoms with E-state index in [2.05, 4.69) is 18.0 Å². The zero-order chi connectivity index (χ0) is 41.9. The second kappa shape index (κ2) is 20.5. The van der Waals surface area contributed by atoms with Crippen LogP contribution in [0.5, 0.6) is 11.5 Å². The number of aliphatic hydroxyl groups excluding tert-OH is 2. The van der Waals surface area contributed by atoms with Crippen LogP contribution in [0.4, 0.5) is 10.1 Å². The molecule has 1 saturated carbocycles. The van der Waals surface area contributed by atoms with Crippen molar-refractivity contribution in [3.63, 3.8) is 0 Å². The first-order chi connectivity index (χ1) is 29.3. The molecule has 11 heteroatoms. The van der Waals surface area contributed by atoms with E-state index in [1.165, 1.54) is 13.0 Å². The number of carbonyl (C=O) groups excluding carboxylic acids is 1. The summed E-state index contributed by atoms with van der Waals surface area (Å²) < 4.78 is 35.4. The van der Waals surface area contributed by atoms with Crippen molar-refractivity contribution in [1.29, 1.82) is 0 Å². The van der Waals surface area contributed by atoms with Crippen LogP contribution in [-0.2, 0) is 27.6 Å². The fraction of sp³-hybridized carbons (Fsp3) is 0.388. The number of thioether (sulfide) groups is 1. The number of carbonyl (C=O) groups is 1. The van der Waals surface area contributed by atoms with Gasteiger partial charge in [-0.2, -0.15) is 0 Å². The highest BCUT2D eigenvalue weighted by atomic mass is 32.2. The van der Waals surface area contributed by atoms with Crippen LogP contribution in [0.15, 0.2) is 131 Å². The molecule has 0 bridgehead atoms. The Morgan fingerprint density at radius 3 is 2.45 bits per heavy atom. The summed E-state index contributed by atoms with van der Waals surface area (Å²) in [6.45, 7) is 6.35. The number of amides is 1. The van der Waals surface area contributed by atoms with E-state index in [9.17, 15) is 19.4 Å². The number of fused-ring (bicyclic) bond motifs is 2. The zero-order valence-electron chi connectivity index (χ0n) is 34.1. The number of nitrogens with zero attached hydrogens (tertiary/aromatic N) is 1. The Morgan fingerprint density at radius 1 is 0.967 bits per heavy atom. The van der Waals surface area contributed by atoms with Gasteiger partial charge in [0.15, 0.2) is 0 Å². The molecule has 6 atom stereocenters. The largest absolute Gasteiger partial charge is 0.489 e. The van der Waals surface area contributed by atoms with E-state index in [4.69, 9.17) is 24.2 Å². The van der Waals surface area contributed by atoms with Crippen molar-refractivity contribution >= 4 is 29.1 Å². The molecule has 0 spiro atoms. The van der Waals surface area contributed by atoms with E-state index in [-0.39, 0.29) is 67.1 Å². The minimum Gasteiger partial charge on any atom is -0.489 e. The first-order valence-electron chi connectivity index (χ1n) is 21.0. The highest BCUT2D eigenvalue weighted by Crippen LogP contribution is 2.63. The smallest absolute Gasteiger partial charge is 0.231 e. The maximum absolute atomic E-state index is 14.7. The number of halogens is 1. The number of ether oxygens (including phenoxy) is 3. The molecule has 0 unspecified atom stereocenters. The number of anilines is 1. The van der Waals surface area contributed by atoms with Gasteiger partial charge in [-0.15, -0.1) is 18.3 Å². The first-order valence-corrected chi connectivity index (χ1v) is 21.9. The molecule has 0 saturated heterocycles. The summed E-state index contributed by atoms with van der Waals surface area (Å²) in [6.07, 6.45) is 9.32. The Labute approximate surface area is 356 Å². The van der Waals surface area contributed by atoms with Crippen LogP contribution >= 0.6 is 11.8 Å². The Kier molecular flexibility index (Phi) is 14.8. The molecule has 0 radical (unpaired) electrons. The van der Waals surface area contributed by atoms with Gasteiger partial charge in [-0.1, -0.05) is 78.7 Å². The fourth-order valence-electron chi connectivity index (χ4n) is 9.03. The van der Waals surface area contributed by atoms with E-state index in [0.717, 1.165) is 53.0 Å². The lowest BCUT2D eigenvalue weighted by Gasteiger charge is -2.58. The average molecular weight is 835 g/mol. The van der Waals surface area contributed by atoms with Crippen molar-refractivity contribution in [2.45, 2.75) is 86.9 Å². The Morgan fingerprint density at radius 2 is 1.72 bits per heavy atom. The van der Waals surface area contributed by atoms with E-state index in [1.54, 1.807) is 36.0 Å². The highest BCUT2D eigenvalue weighted by Gasteiger charge is 2.64. The third-order valence-electron chi connectivity index (χ3n) is 11.7. The standard InChI is InChI=1S/C49H55FN2O7S/c1-3-27-57-49-46(60-39-22-19-37(20-23-39)51-33(2)55)30-44(52-58-31-34-13-5-4-6-14-34)41-28-35(15-9-11-25-53)40(17-10-12-26-54)47(48(41)49)42-29-38(21-24-45(42)59-49)56-32-36-16-7-8-18-43(36)50/h3-8,13-14,16,18-24,28-29,35,40,46-48,53-54H,1,9-12,15,17,25-27,30-32H2,2H3,(H,51,55)/t35-,40+,46-,47+,48+,49+/m0/s1. The molecule has 1 heterocycles. The number of aliphatic hydroxyl groups is 2. The molecule has 0 aromatic heterocycles. The van der Waals surface area contributed by atoms with E-state index < -0.39 is 5.79 Å². The molecule has 7 rings (SSSR count). The highest BCUT2D eigenvalue weighted by molar-refractivity contribution is 8.00. The molecule has 1 amide bonds. The van der Waals surface area contributed by atoms with Gasteiger partial charge in [0, 0.05) is 54.2 Å². The lowest BCUT2D eigenvalue weighted by Crippen LogP contribution is -2.64. The lowest BCUT2D eigenvalue weighted by molar-refractivity contribution is -0.223. The molecule has 60 heavy (non-hydrogen) atoms. The SMILES string of the molecule is C=CCO[C@@]12Oc3ccc(OCc4ccccc4F)cc3[C@H]3[C@H](CCCCO)[C@@H](CCCCO)C=C(C(=NOCc4ccccc4)C[C@@H]1Sc1ccc(NC(C)=O)cc1)[C@H]32. The van der Waals surface area contributed by atoms with E-state index in [0.29, 0.717) is 48.6 Å². The third-order valence-corrected chi connectivity index (χ3v) is 13.0. The second-order valence-corrected chi connectivity index (χ2v) is 17.0. The number of unbranched alkanes of at least 4 members (excludes halogenated alkanes) is 2. The number of benzene rings is 4. The van der Waals surface area contributed by atoms with Gasteiger partial charge in [0.25, 0.3) is 0 Å². The Balaban J connectivity index is 1.37. The molecular weight excluding hydrogens is 780 g/mol. The number of rotatable bonds is 20. The van der Waals surface area contributed by atoms with Crippen LogP contribution in [-0.4, -0.2) is 52.7 Å². The monoisotopic (exact) mass is 834 g/mol. The fourth-order valence-corrected chi connectivity index (χ4v) is 10.3. The predicted molar refractivity (Wildman–Crippen MR) is 234 cm³/mol. The van der Waals surface area contributed by atoms with Crippen molar-refractivity contribution in [3.8, 4) is 11.5 Å². The van der Waals surface area contributed by atoms with Gasteiger partial charge in [0.05, 0.1) is 23.5 Å². The number of nitrogens with one attached hydrogen (secondary N) is 1. The molecule has 4 aromatic carbocycles. The molecular formula is C49H55FN2O7S. The van der Waals surface area contributed by atoms with Gasteiger partial charge in [-0.25, -0.2) is 4.39 Å². The van der Waals surface area contributed by atoms with Crippen molar-refractivity contribution < 1.29 is 38.4 Å². The minimum atomic E-state index is -1.18. The number of allylic oxidation sites excluding steroid dienone is 1. The summed E-state index contributed by atoms with van der Waals surface area (Å²) >= 11 is 1.64. The van der Waals surface area contributed by atoms with Crippen LogP contribution in [0.2, 0.25) is 0 Å². The topological polar surface area (TPSA) is 119 Å². The van der Waals surface area contributed by atoms with Crippen molar-refractivity contribution in [2.75, 3.05) is 25.1 Å². The van der Waals surface area contributed by atoms with E-state index >= 15 is 0 Å². The van der Waals surface area contributed by atoms with Gasteiger partial charge in [0.1, 0.15) is 30.5 Å². The van der Waals surface area contributed by atoms with Gasteiger partial charge < -0.3 is 34.6 Å². The summed E-state index contributed by atoms with van der Waals surface area (Å²) in [5.41, 5.74) is 5.00. The van der Waals surface area contributed by atoms with Gasteiger partial charge in [-0.3, -0.25) is 4.79 Å². The maximum Gasteiger partial charge on any atom is 0.231 e. The van der Waals surface area contributed by atoms with Crippen molar-refractivity contribution in [3.05, 3.63) is 144 Å². The molecule has 2 aliphatic carbocycles. The summed E-state index contributed by atoms with van der Waals surface area (Å²) in [4.78, 5) is 19.0. The number of hydrogen-bond acceptors (Lipinski definition) is 9. The maximum atomic E-state index is 14.7. The van der Waals surface area contributed by atoms with Gasteiger partial charge in [0.2, 0.25) is 11.7 Å². The van der Waals surface area contributed by atoms with Gasteiger partial charge in [-0.05, 0) is 97.2 Å². The van der Waals surface area contributed by atoms with Crippen LogP contribution in [0.25, 0.3) is 0 Å². The predicted octanol–water partition coefficient (Wildman–Crippen LogP) is 9.99. The molecule has 4 aromatic rings. The van der Waals surface area contributed by atoms with Crippen molar-refractivity contribution in [2.24, 2.45) is 22.9 Å². The first kappa shape index (κ1) is 43.2. The molecule has 9 nitrogen and oxygen atoms in total. The summed E-state index contributed by atoms with van der Waals surface area (Å²) in [5, 5.41) is 27.3. The molecule has 3 aliphatic rings. The number of oxime groups is 1. The molecule has 3 N–H and O–H groups in total. The summed E-state index contributed by atoms with van der Waals surface area (Å²) in [6, 6.07) is 30.2. The quantitative estimate of drug-likeness (QED) is 0.0458. The third kappa shape index (κ3) is 9.98. The lowest BCUT2D eigenvalue weighted by atomic mass is 9.56. The second-order valence-electron chi connectivity index (χ2n) is 15.7. The molecule has 1 fully saturated rings.